The summed E-state index contributed by atoms with van der Waals surface area (Å²) >= 11 is 0. The molecule has 0 saturated heterocycles. The minimum atomic E-state index is -1.07. The standard InChI is InChI=1S/C25H7F3N4O2/c1-10-2-13(26)3-15-20-18(11(6-29)7-30)25-21(16-4-14(27)5-17(28)23(16)34-25)19(12(8-31)9-32)24(20)33-22(10)15/h2-5H,1H3. The SMILES string of the molecule is Cc1cc(F)cc2c1oc1c(=C(C#N)C#N)c3c(oc4c(F)cc(F)cc43)c(=C(C#N)C#N)c12. The first-order chi connectivity index (χ1) is 16.3. The largest absolute Gasteiger partial charge is 0.455 e. The number of furan rings is 2. The number of nitrogens with zero attached hydrogens (tertiary/aromatic N) is 4. The molecule has 34 heavy (non-hydrogen) atoms. The lowest BCUT2D eigenvalue weighted by Crippen LogP contribution is -2.16. The highest BCUT2D eigenvalue weighted by Crippen LogP contribution is 2.34. The Morgan fingerprint density at radius 1 is 0.647 bits per heavy atom. The van der Waals surface area contributed by atoms with Crippen molar-refractivity contribution >= 4 is 55.0 Å². The van der Waals surface area contributed by atoms with Crippen LogP contribution in [0.5, 0.6) is 0 Å². The van der Waals surface area contributed by atoms with E-state index in [0.29, 0.717) is 11.6 Å². The Balaban J connectivity index is 2.39. The summed E-state index contributed by atoms with van der Waals surface area (Å²) in [6, 6.07) is 10.8. The van der Waals surface area contributed by atoms with E-state index in [9.17, 15) is 34.2 Å². The Labute approximate surface area is 187 Å². The minimum absolute atomic E-state index is 0.0288. The molecule has 0 aliphatic rings. The topological polar surface area (TPSA) is 121 Å². The number of hydrogen-bond acceptors (Lipinski definition) is 6. The molecule has 0 fully saturated rings. The van der Waals surface area contributed by atoms with Crippen LogP contribution in [-0.2, 0) is 0 Å². The van der Waals surface area contributed by atoms with Crippen molar-refractivity contribution in [2.45, 2.75) is 6.92 Å². The van der Waals surface area contributed by atoms with Crippen molar-refractivity contribution in [2.75, 3.05) is 0 Å². The van der Waals surface area contributed by atoms with E-state index in [-0.39, 0.29) is 48.7 Å². The van der Waals surface area contributed by atoms with Crippen LogP contribution in [0, 0.1) is 69.7 Å². The van der Waals surface area contributed by atoms with E-state index in [1.54, 1.807) is 31.2 Å². The lowest BCUT2D eigenvalue weighted by atomic mass is 9.98. The first-order valence-corrected chi connectivity index (χ1v) is 9.59. The second-order valence-corrected chi connectivity index (χ2v) is 7.42. The van der Waals surface area contributed by atoms with E-state index < -0.39 is 34.2 Å². The van der Waals surface area contributed by atoms with Gasteiger partial charge in [0.1, 0.15) is 63.8 Å². The summed E-state index contributed by atoms with van der Waals surface area (Å²) in [7, 11) is 0. The Morgan fingerprint density at radius 2 is 1.09 bits per heavy atom. The smallest absolute Gasteiger partial charge is 0.171 e. The average Bonchev–Trinajstić information content (AvgIpc) is 3.36. The number of aryl methyl sites for hydroxylation is 1. The van der Waals surface area contributed by atoms with Crippen LogP contribution in [0.3, 0.4) is 0 Å². The van der Waals surface area contributed by atoms with Gasteiger partial charge in [-0.25, -0.2) is 13.2 Å². The Kier molecular flexibility index (Phi) is 4.33. The maximum absolute atomic E-state index is 14.6. The van der Waals surface area contributed by atoms with Crippen molar-refractivity contribution in [1.82, 2.24) is 0 Å². The molecule has 9 heteroatoms. The second kappa shape index (κ2) is 7.14. The molecule has 0 aliphatic heterocycles. The first kappa shape index (κ1) is 20.6. The second-order valence-electron chi connectivity index (χ2n) is 7.42. The molecule has 0 aliphatic carbocycles. The third kappa shape index (κ3) is 2.59. The molecule has 0 N–H and O–H groups in total. The Morgan fingerprint density at radius 3 is 1.59 bits per heavy atom. The van der Waals surface area contributed by atoms with E-state index in [4.69, 9.17) is 8.83 Å². The zero-order chi connectivity index (χ0) is 24.3. The van der Waals surface area contributed by atoms with Gasteiger partial charge in [-0.05, 0) is 30.7 Å². The maximum atomic E-state index is 14.6. The summed E-state index contributed by atoms with van der Waals surface area (Å²) in [6.45, 7) is 1.57. The number of hydrogen-bond donors (Lipinski definition) is 0. The number of rotatable bonds is 0. The molecule has 0 spiro atoms. The summed E-state index contributed by atoms with van der Waals surface area (Å²) in [5.41, 5.74) is -1.18. The van der Waals surface area contributed by atoms with E-state index >= 15 is 0 Å². The molecule has 6 nitrogen and oxygen atoms in total. The third-order valence-corrected chi connectivity index (χ3v) is 5.55. The van der Waals surface area contributed by atoms with Gasteiger partial charge in [-0.15, -0.1) is 0 Å². The fourth-order valence-electron chi connectivity index (χ4n) is 4.28. The van der Waals surface area contributed by atoms with Gasteiger partial charge in [-0.2, -0.15) is 21.0 Å². The van der Waals surface area contributed by atoms with Crippen molar-refractivity contribution in [3.8, 4) is 24.3 Å². The number of nitriles is 4. The predicted molar refractivity (Wildman–Crippen MR) is 114 cm³/mol. The molecule has 0 saturated carbocycles. The van der Waals surface area contributed by atoms with Gasteiger partial charge in [0.15, 0.2) is 11.4 Å². The quantitative estimate of drug-likeness (QED) is 0.338. The fraction of sp³-hybridized carbons (Fsp3) is 0.0400. The highest BCUT2D eigenvalue weighted by molar-refractivity contribution is 6.18. The maximum Gasteiger partial charge on any atom is 0.171 e. The first-order valence-electron chi connectivity index (χ1n) is 9.59. The molecule has 0 bridgehead atoms. The van der Waals surface area contributed by atoms with Crippen LogP contribution in [0.1, 0.15) is 5.56 Å². The molecule has 2 aromatic heterocycles. The fourth-order valence-corrected chi connectivity index (χ4v) is 4.28. The van der Waals surface area contributed by atoms with E-state index in [2.05, 4.69) is 0 Å². The Hall–Kier alpha value is -5.25. The molecule has 5 rings (SSSR count). The van der Waals surface area contributed by atoms with E-state index in [0.717, 1.165) is 12.1 Å². The van der Waals surface area contributed by atoms with Crippen LogP contribution in [0.2, 0.25) is 0 Å². The predicted octanol–water partition coefficient (Wildman–Crippen LogP) is 4.61. The molecule has 0 unspecified atom stereocenters. The summed E-state index contributed by atoms with van der Waals surface area (Å²) < 4.78 is 54.8. The molecule has 0 amide bonds. The Bertz CT molecular complexity index is 1870. The van der Waals surface area contributed by atoms with Crippen LogP contribution in [0.15, 0.2) is 33.1 Å². The van der Waals surface area contributed by atoms with Crippen LogP contribution < -0.4 is 10.4 Å². The van der Waals surface area contributed by atoms with Crippen LogP contribution in [-0.4, -0.2) is 0 Å². The van der Waals surface area contributed by atoms with Crippen molar-refractivity contribution in [2.24, 2.45) is 0 Å². The minimum Gasteiger partial charge on any atom is -0.455 e. The van der Waals surface area contributed by atoms with Crippen molar-refractivity contribution < 1.29 is 22.0 Å². The third-order valence-electron chi connectivity index (χ3n) is 5.55. The molecule has 0 atom stereocenters. The van der Waals surface area contributed by atoms with Gasteiger partial charge in [-0.3, -0.25) is 0 Å². The molecular weight excluding hydrogens is 445 g/mol. The van der Waals surface area contributed by atoms with Gasteiger partial charge in [0.2, 0.25) is 0 Å². The zero-order valence-electron chi connectivity index (χ0n) is 17.0. The van der Waals surface area contributed by atoms with Crippen molar-refractivity contribution in [3.63, 3.8) is 0 Å². The monoisotopic (exact) mass is 452 g/mol. The van der Waals surface area contributed by atoms with Crippen LogP contribution in [0.4, 0.5) is 13.2 Å². The van der Waals surface area contributed by atoms with Gasteiger partial charge in [-0.1, -0.05) is 0 Å². The summed E-state index contributed by atoms with van der Waals surface area (Å²) in [4.78, 5) is 0. The van der Waals surface area contributed by atoms with E-state index in [1.807, 2.05) is 0 Å². The van der Waals surface area contributed by atoms with Crippen molar-refractivity contribution in [1.29, 1.82) is 21.0 Å². The van der Waals surface area contributed by atoms with Gasteiger partial charge < -0.3 is 8.83 Å². The summed E-state index contributed by atoms with van der Waals surface area (Å²) in [5, 5.41) is 38.3. The van der Waals surface area contributed by atoms with Crippen LogP contribution in [0.25, 0.3) is 55.0 Å². The summed E-state index contributed by atoms with van der Waals surface area (Å²) in [6.07, 6.45) is 0. The lowest BCUT2D eigenvalue weighted by Gasteiger charge is -1.99. The molecule has 3 aromatic carbocycles. The number of fused-ring (bicyclic) bond motifs is 6. The molecular formula is C25H7F3N4O2. The number of benzene rings is 3. The molecule has 0 radical (unpaired) electrons. The van der Waals surface area contributed by atoms with Crippen molar-refractivity contribution in [3.05, 3.63) is 57.7 Å². The van der Waals surface area contributed by atoms with Gasteiger partial charge in [0.05, 0.1) is 10.4 Å². The highest BCUT2D eigenvalue weighted by Gasteiger charge is 2.25. The van der Waals surface area contributed by atoms with Crippen LogP contribution >= 0.6 is 0 Å². The molecule has 2 heterocycles. The van der Waals surface area contributed by atoms with Gasteiger partial charge in [0.25, 0.3) is 0 Å². The number of halogens is 3. The normalized spacial score (nSPS) is 10.8. The zero-order valence-corrected chi connectivity index (χ0v) is 17.0. The lowest BCUT2D eigenvalue weighted by molar-refractivity contribution is 0.562. The molecule has 160 valence electrons. The van der Waals surface area contributed by atoms with Gasteiger partial charge >= 0.3 is 0 Å². The van der Waals surface area contributed by atoms with E-state index in [1.165, 1.54) is 6.07 Å². The molecule has 5 aromatic rings. The highest BCUT2D eigenvalue weighted by atomic mass is 19.1. The summed E-state index contributed by atoms with van der Waals surface area (Å²) in [5.74, 6) is -2.67. The van der Waals surface area contributed by atoms with Gasteiger partial charge in [0, 0.05) is 27.6 Å². The average molecular weight is 452 g/mol.